The highest BCUT2D eigenvalue weighted by Gasteiger charge is 2.27. The number of amides is 1. The van der Waals surface area contributed by atoms with E-state index in [1.165, 1.54) is 6.20 Å². The van der Waals surface area contributed by atoms with E-state index in [-0.39, 0.29) is 12.1 Å². The molecule has 0 fully saturated rings. The Morgan fingerprint density at radius 3 is 2.71 bits per heavy atom. The van der Waals surface area contributed by atoms with E-state index in [4.69, 9.17) is 33.7 Å². The van der Waals surface area contributed by atoms with Crippen molar-refractivity contribution in [2.24, 2.45) is 10.7 Å². The Bertz CT molecular complexity index is 961. The fourth-order valence-corrected chi connectivity index (χ4v) is 3.60. The van der Waals surface area contributed by atoms with Crippen LogP contribution in [0.2, 0.25) is 10.0 Å². The zero-order valence-corrected chi connectivity index (χ0v) is 18.8. The molecule has 8 heteroatoms. The lowest BCUT2D eigenvalue weighted by atomic mass is 10.0. The Hall–Kier alpha value is -2.54. The van der Waals surface area contributed by atoms with Gasteiger partial charge in [0.05, 0.1) is 11.9 Å². The topological polar surface area (TPSA) is 88.7 Å². The largest absolute Gasteiger partial charge is 0.480 e. The first-order valence-corrected chi connectivity index (χ1v) is 10.9. The quantitative estimate of drug-likeness (QED) is 0.402. The molecule has 31 heavy (non-hydrogen) atoms. The van der Waals surface area contributed by atoms with Gasteiger partial charge in [0.1, 0.15) is 5.75 Å². The minimum absolute atomic E-state index is 0.145. The first-order chi connectivity index (χ1) is 15.0. The molecule has 4 N–H and O–H groups in total. The lowest BCUT2D eigenvalue weighted by molar-refractivity contribution is -0.129. The molecule has 2 atom stereocenters. The maximum absolute atomic E-state index is 12.7. The molecule has 2 unspecified atom stereocenters. The van der Waals surface area contributed by atoms with Crippen LogP contribution in [0, 0.1) is 0 Å². The number of aliphatic imine (C=N–C) groups is 1. The third kappa shape index (κ3) is 6.72. The second kappa shape index (κ2) is 11.2. The molecule has 0 aliphatic carbocycles. The predicted molar refractivity (Wildman–Crippen MR) is 126 cm³/mol. The van der Waals surface area contributed by atoms with Crippen molar-refractivity contribution < 1.29 is 9.53 Å². The van der Waals surface area contributed by atoms with Crippen molar-refractivity contribution in [3.63, 3.8) is 0 Å². The average Bonchev–Trinajstić information content (AvgIpc) is 2.78. The Balaban J connectivity index is 1.51. The van der Waals surface area contributed by atoms with Crippen LogP contribution in [-0.2, 0) is 11.2 Å². The maximum atomic E-state index is 12.7. The summed E-state index contributed by atoms with van der Waals surface area (Å²) in [5.41, 5.74) is 8.43. The standard InChI is InChI=1S/C23H26Cl2N4O2/c1-27-22(11-2-15(13-26)14-28-19-7-4-17(24)5-8-19)29-23(30)21-9-3-16-12-18(25)6-10-20(16)31-21/h4-8,10,12-14,21-22,27H,2-3,9,11,26H2,1H3,(H,29,30)/b15-13-,28-14?. The zero-order valence-electron chi connectivity index (χ0n) is 17.3. The number of hydrogen-bond acceptors (Lipinski definition) is 5. The fourth-order valence-electron chi connectivity index (χ4n) is 3.28. The van der Waals surface area contributed by atoms with Gasteiger partial charge in [-0.3, -0.25) is 9.79 Å². The van der Waals surface area contributed by atoms with E-state index < -0.39 is 6.10 Å². The van der Waals surface area contributed by atoms with Crippen molar-refractivity contribution >= 4 is 41.0 Å². The number of rotatable bonds is 8. The van der Waals surface area contributed by atoms with Crippen LogP contribution < -0.4 is 21.1 Å². The van der Waals surface area contributed by atoms with Gasteiger partial charge in [0.2, 0.25) is 0 Å². The molecule has 1 heterocycles. The molecular weight excluding hydrogens is 435 g/mol. The third-order valence-electron chi connectivity index (χ3n) is 5.07. The molecule has 2 aromatic carbocycles. The number of nitrogens with two attached hydrogens (primary N) is 1. The number of benzene rings is 2. The van der Waals surface area contributed by atoms with Gasteiger partial charge < -0.3 is 21.1 Å². The fraction of sp³-hybridized carbons (Fsp3) is 0.304. The highest BCUT2D eigenvalue weighted by Crippen LogP contribution is 2.30. The van der Waals surface area contributed by atoms with E-state index in [9.17, 15) is 4.79 Å². The Kier molecular flexibility index (Phi) is 8.35. The van der Waals surface area contributed by atoms with E-state index >= 15 is 0 Å². The molecule has 2 aromatic rings. The minimum Gasteiger partial charge on any atom is -0.480 e. The van der Waals surface area contributed by atoms with Crippen molar-refractivity contribution in [2.75, 3.05) is 7.05 Å². The highest BCUT2D eigenvalue weighted by molar-refractivity contribution is 6.30. The molecule has 0 spiro atoms. The van der Waals surface area contributed by atoms with Gasteiger partial charge in [-0.15, -0.1) is 0 Å². The van der Waals surface area contributed by atoms with Crippen LogP contribution in [0.1, 0.15) is 24.8 Å². The number of carbonyl (C=O) groups excluding carboxylic acids is 1. The summed E-state index contributed by atoms with van der Waals surface area (Å²) in [7, 11) is 1.80. The van der Waals surface area contributed by atoms with Gasteiger partial charge in [-0.1, -0.05) is 23.2 Å². The first kappa shape index (κ1) is 23.1. The molecule has 6 nitrogen and oxygen atoms in total. The van der Waals surface area contributed by atoms with Gasteiger partial charge in [0.15, 0.2) is 6.10 Å². The van der Waals surface area contributed by atoms with Crippen molar-refractivity contribution in [3.8, 4) is 5.75 Å². The van der Waals surface area contributed by atoms with E-state index in [0.717, 1.165) is 23.2 Å². The number of hydrogen-bond donors (Lipinski definition) is 3. The van der Waals surface area contributed by atoms with Crippen molar-refractivity contribution in [1.29, 1.82) is 0 Å². The van der Waals surface area contributed by atoms with E-state index in [0.29, 0.717) is 35.1 Å². The highest BCUT2D eigenvalue weighted by atomic mass is 35.5. The summed E-state index contributed by atoms with van der Waals surface area (Å²) in [6.45, 7) is 0. The molecule has 3 rings (SSSR count). The lowest BCUT2D eigenvalue weighted by Gasteiger charge is -2.27. The second-order valence-electron chi connectivity index (χ2n) is 7.26. The van der Waals surface area contributed by atoms with E-state index in [1.54, 1.807) is 31.5 Å². The Morgan fingerprint density at radius 1 is 1.26 bits per heavy atom. The summed E-state index contributed by atoms with van der Waals surface area (Å²) in [6.07, 6.45) is 5.16. The molecule has 1 aliphatic rings. The zero-order chi connectivity index (χ0) is 22.2. The van der Waals surface area contributed by atoms with Gasteiger partial charge in [-0.25, -0.2) is 0 Å². The second-order valence-corrected chi connectivity index (χ2v) is 8.13. The summed E-state index contributed by atoms with van der Waals surface area (Å²) in [4.78, 5) is 17.1. The summed E-state index contributed by atoms with van der Waals surface area (Å²) in [6, 6.07) is 12.7. The van der Waals surface area contributed by atoms with Crippen LogP contribution in [0.25, 0.3) is 0 Å². The van der Waals surface area contributed by atoms with Crippen LogP contribution in [0.3, 0.4) is 0 Å². The first-order valence-electron chi connectivity index (χ1n) is 10.1. The average molecular weight is 461 g/mol. The molecule has 0 saturated heterocycles. The molecule has 0 aromatic heterocycles. The SMILES string of the molecule is CNC(CC/C(C=Nc1ccc(Cl)cc1)=C/N)NC(=O)C1CCc2cc(Cl)ccc2O1. The van der Waals surface area contributed by atoms with Crippen molar-refractivity contribution in [1.82, 2.24) is 10.6 Å². The van der Waals surface area contributed by atoms with Gasteiger partial charge in [0.25, 0.3) is 5.91 Å². The van der Waals surface area contributed by atoms with Crippen LogP contribution in [-0.4, -0.2) is 31.4 Å². The van der Waals surface area contributed by atoms with Gasteiger partial charge >= 0.3 is 0 Å². The van der Waals surface area contributed by atoms with Crippen LogP contribution in [0.5, 0.6) is 5.75 Å². The van der Waals surface area contributed by atoms with Gasteiger partial charge in [0, 0.05) is 16.3 Å². The molecule has 1 aliphatic heterocycles. The van der Waals surface area contributed by atoms with E-state index in [1.807, 2.05) is 24.3 Å². The lowest BCUT2D eigenvalue weighted by Crippen LogP contribution is -2.49. The number of nitrogens with one attached hydrogen (secondary N) is 2. The normalized spacial score (nSPS) is 17.1. The number of carbonyl (C=O) groups is 1. The number of ether oxygens (including phenoxy) is 1. The molecule has 1 amide bonds. The van der Waals surface area contributed by atoms with Gasteiger partial charge in [-0.2, -0.15) is 0 Å². The number of aryl methyl sites for hydroxylation is 1. The van der Waals surface area contributed by atoms with Crippen molar-refractivity contribution in [2.45, 2.75) is 38.0 Å². The smallest absolute Gasteiger partial charge is 0.262 e. The maximum Gasteiger partial charge on any atom is 0.262 e. The molecule has 0 bridgehead atoms. The molecule has 0 radical (unpaired) electrons. The minimum atomic E-state index is -0.527. The van der Waals surface area contributed by atoms with Gasteiger partial charge in [-0.05, 0) is 92.5 Å². The summed E-state index contributed by atoms with van der Waals surface area (Å²) >= 11 is 11.9. The van der Waals surface area contributed by atoms with Crippen molar-refractivity contribution in [3.05, 3.63) is 69.8 Å². The predicted octanol–water partition coefficient (Wildman–Crippen LogP) is 4.37. The van der Waals surface area contributed by atoms with Crippen LogP contribution in [0.15, 0.2) is 59.2 Å². The monoisotopic (exact) mass is 460 g/mol. The summed E-state index contributed by atoms with van der Waals surface area (Å²) in [5.74, 6) is 0.566. The van der Waals surface area contributed by atoms with E-state index in [2.05, 4.69) is 15.6 Å². The summed E-state index contributed by atoms with van der Waals surface area (Å²) in [5, 5.41) is 7.47. The molecule has 0 saturated carbocycles. The Labute approximate surface area is 192 Å². The van der Waals surface area contributed by atoms with Crippen LogP contribution in [0.4, 0.5) is 5.69 Å². The Morgan fingerprint density at radius 2 is 2.00 bits per heavy atom. The number of halogens is 2. The number of fused-ring (bicyclic) bond motifs is 1. The number of nitrogens with zero attached hydrogens (tertiary/aromatic N) is 1. The van der Waals surface area contributed by atoms with Crippen LogP contribution >= 0.6 is 23.2 Å². The summed E-state index contributed by atoms with van der Waals surface area (Å²) < 4.78 is 5.88. The molecule has 164 valence electrons. The third-order valence-corrected chi connectivity index (χ3v) is 5.55. The number of allylic oxidation sites excluding steroid dienone is 1. The molecular formula is C23H26Cl2N4O2.